The lowest BCUT2D eigenvalue weighted by Crippen LogP contribution is -2.28. The van der Waals surface area contributed by atoms with Crippen molar-refractivity contribution in [1.82, 2.24) is 20.4 Å². The van der Waals surface area contributed by atoms with Crippen LogP contribution in [0.1, 0.15) is 22.5 Å². The highest BCUT2D eigenvalue weighted by Gasteiger charge is 2.20. The Balaban J connectivity index is 1.51. The number of amides is 1. The van der Waals surface area contributed by atoms with Gasteiger partial charge in [0.2, 0.25) is 5.88 Å². The van der Waals surface area contributed by atoms with Crippen molar-refractivity contribution < 1.29 is 23.5 Å². The number of rotatable bonds is 8. The first-order valence-corrected chi connectivity index (χ1v) is 10.7. The molecular formula is C25H26N4O5. The Hall–Kier alpha value is -4.14. The van der Waals surface area contributed by atoms with Crippen LogP contribution in [-0.2, 0) is 11.3 Å². The Bertz CT molecular complexity index is 1350. The molecule has 0 fully saturated rings. The first-order chi connectivity index (χ1) is 16.4. The lowest BCUT2D eigenvalue weighted by Gasteiger charge is -2.12. The number of nitrogens with one attached hydrogen (secondary N) is 1. The molecule has 4 aromatic rings. The molecule has 2 aromatic carbocycles. The highest BCUT2D eigenvalue weighted by atomic mass is 16.5. The van der Waals surface area contributed by atoms with E-state index in [1.807, 2.05) is 38.1 Å². The van der Waals surface area contributed by atoms with E-state index >= 15 is 0 Å². The minimum Gasteiger partial charge on any atom is -0.497 e. The Morgan fingerprint density at radius 1 is 1.00 bits per heavy atom. The maximum absolute atomic E-state index is 12.5. The van der Waals surface area contributed by atoms with Crippen LogP contribution in [-0.4, -0.2) is 41.9 Å². The second-order valence-corrected chi connectivity index (χ2v) is 7.83. The molecule has 0 aliphatic heterocycles. The van der Waals surface area contributed by atoms with E-state index in [1.165, 1.54) is 5.56 Å². The van der Waals surface area contributed by atoms with Crippen LogP contribution in [0.3, 0.4) is 0 Å². The van der Waals surface area contributed by atoms with Crippen molar-refractivity contribution in [3.63, 3.8) is 0 Å². The fourth-order valence-electron chi connectivity index (χ4n) is 3.49. The van der Waals surface area contributed by atoms with E-state index in [1.54, 1.807) is 33.3 Å². The van der Waals surface area contributed by atoms with E-state index in [9.17, 15) is 4.79 Å². The maximum atomic E-state index is 12.5. The number of aromatic nitrogens is 3. The number of carbonyl (C=O) groups excluding carboxylic acids is 1. The van der Waals surface area contributed by atoms with Crippen LogP contribution >= 0.6 is 0 Å². The predicted octanol–water partition coefficient (Wildman–Crippen LogP) is 3.92. The summed E-state index contributed by atoms with van der Waals surface area (Å²) in [6.07, 6.45) is 0. The molecule has 0 saturated carbocycles. The first-order valence-electron chi connectivity index (χ1n) is 10.7. The zero-order chi connectivity index (χ0) is 24.2. The van der Waals surface area contributed by atoms with E-state index < -0.39 is 0 Å². The summed E-state index contributed by atoms with van der Waals surface area (Å²) in [5.41, 5.74) is 4.83. The number of carbonyl (C=O) groups is 1. The molecule has 0 saturated heterocycles. The van der Waals surface area contributed by atoms with Crippen LogP contribution in [0.2, 0.25) is 0 Å². The Morgan fingerprint density at radius 2 is 1.82 bits per heavy atom. The van der Waals surface area contributed by atoms with Crippen molar-refractivity contribution in [1.29, 1.82) is 0 Å². The molecule has 2 aromatic heterocycles. The number of methoxy groups -OCH3 is 2. The summed E-state index contributed by atoms with van der Waals surface area (Å²) < 4.78 is 21.8. The summed E-state index contributed by atoms with van der Waals surface area (Å²) in [6.45, 7) is 5.83. The molecule has 9 heteroatoms. The Kier molecular flexibility index (Phi) is 6.62. The number of hydrogen-bond acceptors (Lipinski definition) is 8. The molecule has 9 nitrogen and oxygen atoms in total. The third-order valence-corrected chi connectivity index (χ3v) is 5.51. The van der Waals surface area contributed by atoms with Crippen molar-refractivity contribution in [2.24, 2.45) is 0 Å². The third kappa shape index (κ3) is 4.78. The van der Waals surface area contributed by atoms with Crippen molar-refractivity contribution in [2.45, 2.75) is 27.3 Å². The van der Waals surface area contributed by atoms with Gasteiger partial charge >= 0.3 is 0 Å². The van der Waals surface area contributed by atoms with Crippen molar-refractivity contribution in [2.75, 3.05) is 20.8 Å². The van der Waals surface area contributed by atoms with E-state index in [2.05, 4.69) is 20.4 Å². The van der Waals surface area contributed by atoms with Crippen LogP contribution in [0.15, 0.2) is 40.9 Å². The van der Waals surface area contributed by atoms with Crippen LogP contribution in [0.5, 0.6) is 17.4 Å². The summed E-state index contributed by atoms with van der Waals surface area (Å²) in [4.78, 5) is 21.2. The molecule has 34 heavy (non-hydrogen) atoms. The minimum absolute atomic E-state index is 0.235. The average Bonchev–Trinajstić information content (AvgIpc) is 3.26. The number of hydrogen-bond donors (Lipinski definition) is 1. The monoisotopic (exact) mass is 462 g/mol. The zero-order valence-corrected chi connectivity index (χ0v) is 19.8. The zero-order valence-electron chi connectivity index (χ0n) is 19.8. The van der Waals surface area contributed by atoms with Crippen LogP contribution in [0, 0.1) is 20.8 Å². The van der Waals surface area contributed by atoms with Gasteiger partial charge < -0.3 is 24.1 Å². The van der Waals surface area contributed by atoms with Gasteiger partial charge in [0, 0.05) is 23.7 Å². The molecule has 0 aliphatic carbocycles. The molecule has 1 N–H and O–H groups in total. The summed E-state index contributed by atoms with van der Waals surface area (Å²) >= 11 is 0. The molecule has 0 bridgehead atoms. The molecule has 0 spiro atoms. The summed E-state index contributed by atoms with van der Waals surface area (Å²) in [7, 11) is 3.15. The lowest BCUT2D eigenvalue weighted by molar-refractivity contribution is -0.123. The van der Waals surface area contributed by atoms with Gasteiger partial charge in [0.15, 0.2) is 6.61 Å². The molecule has 0 unspecified atom stereocenters. The quantitative estimate of drug-likeness (QED) is 0.420. The fraction of sp³-hybridized carbons (Fsp3) is 0.280. The largest absolute Gasteiger partial charge is 0.497 e. The van der Waals surface area contributed by atoms with E-state index in [-0.39, 0.29) is 24.9 Å². The fourth-order valence-corrected chi connectivity index (χ4v) is 3.49. The van der Waals surface area contributed by atoms with Gasteiger partial charge in [0.05, 0.1) is 14.2 Å². The first kappa shape index (κ1) is 23.0. The Labute approximate surface area is 197 Å². The standard InChI is InChI=1S/C25H26N4O5/c1-14-6-7-17(10-15(14)2)23-22-24(27-16(3)28-25(22)34-29-23)33-13-21(30)26-12-18-8-9-19(31-4)11-20(18)32-5/h6-11H,12-13H2,1-5H3,(H,26,30). The highest BCUT2D eigenvalue weighted by Crippen LogP contribution is 2.34. The SMILES string of the molecule is COc1ccc(CNC(=O)COc2nc(C)nc3onc(-c4ccc(C)c(C)c4)c23)c(OC)c1. The van der Waals surface area contributed by atoms with Gasteiger partial charge in [-0.1, -0.05) is 17.3 Å². The van der Waals surface area contributed by atoms with Crippen LogP contribution < -0.4 is 19.5 Å². The number of benzene rings is 2. The normalized spacial score (nSPS) is 10.9. The Morgan fingerprint density at radius 3 is 2.56 bits per heavy atom. The topological polar surface area (TPSA) is 109 Å². The number of fused-ring (bicyclic) bond motifs is 1. The average molecular weight is 463 g/mol. The van der Waals surface area contributed by atoms with Gasteiger partial charge in [-0.05, 0) is 50.1 Å². The number of nitrogens with zero attached hydrogens (tertiary/aromatic N) is 3. The highest BCUT2D eigenvalue weighted by molar-refractivity contribution is 5.93. The number of aryl methyl sites for hydroxylation is 3. The summed E-state index contributed by atoms with van der Waals surface area (Å²) in [5, 5.41) is 7.55. The van der Waals surface area contributed by atoms with Gasteiger partial charge in [-0.15, -0.1) is 0 Å². The molecule has 4 rings (SSSR count). The van der Waals surface area contributed by atoms with E-state index in [4.69, 9.17) is 18.7 Å². The third-order valence-electron chi connectivity index (χ3n) is 5.51. The smallest absolute Gasteiger partial charge is 0.265 e. The molecule has 0 aliphatic rings. The number of ether oxygens (including phenoxy) is 3. The second-order valence-electron chi connectivity index (χ2n) is 7.83. The van der Waals surface area contributed by atoms with E-state index in [0.717, 1.165) is 16.7 Å². The second kappa shape index (κ2) is 9.78. The lowest BCUT2D eigenvalue weighted by atomic mass is 10.0. The van der Waals surface area contributed by atoms with E-state index in [0.29, 0.717) is 34.1 Å². The molecule has 0 atom stereocenters. The molecule has 176 valence electrons. The molecule has 1 amide bonds. The minimum atomic E-state index is -0.313. The van der Waals surface area contributed by atoms with Gasteiger partial charge in [-0.25, -0.2) is 0 Å². The maximum Gasteiger partial charge on any atom is 0.265 e. The van der Waals surface area contributed by atoms with Crippen molar-refractivity contribution in [3.8, 4) is 28.6 Å². The van der Waals surface area contributed by atoms with Crippen molar-refractivity contribution >= 4 is 17.0 Å². The predicted molar refractivity (Wildman–Crippen MR) is 126 cm³/mol. The van der Waals surface area contributed by atoms with Gasteiger partial charge in [-0.2, -0.15) is 9.97 Å². The van der Waals surface area contributed by atoms with Gasteiger partial charge in [0.25, 0.3) is 11.6 Å². The molecule has 2 heterocycles. The van der Waals surface area contributed by atoms with Crippen LogP contribution in [0.25, 0.3) is 22.4 Å². The summed E-state index contributed by atoms with van der Waals surface area (Å²) in [6, 6.07) is 11.4. The van der Waals surface area contributed by atoms with Gasteiger partial charge in [-0.3, -0.25) is 4.79 Å². The molecule has 0 radical (unpaired) electrons. The van der Waals surface area contributed by atoms with Crippen molar-refractivity contribution in [3.05, 3.63) is 58.9 Å². The van der Waals surface area contributed by atoms with Gasteiger partial charge in [0.1, 0.15) is 28.4 Å². The summed E-state index contributed by atoms with van der Waals surface area (Å²) in [5.74, 6) is 1.68. The van der Waals surface area contributed by atoms with Crippen LogP contribution in [0.4, 0.5) is 0 Å². The molecular weight excluding hydrogens is 436 g/mol.